The van der Waals surface area contributed by atoms with Gasteiger partial charge in [-0.05, 0) is 18.1 Å². The van der Waals surface area contributed by atoms with Gasteiger partial charge < -0.3 is 5.32 Å². The number of anilines is 1. The number of carbonyl (C=O) groups is 1. The molecule has 15 heavy (non-hydrogen) atoms. The van der Waals surface area contributed by atoms with E-state index in [1.165, 1.54) is 17.6 Å². The van der Waals surface area contributed by atoms with Crippen molar-refractivity contribution < 1.29 is 4.79 Å². The van der Waals surface area contributed by atoms with Gasteiger partial charge in [-0.1, -0.05) is 5.10 Å². The third-order valence-electron chi connectivity index (χ3n) is 2.12. The van der Waals surface area contributed by atoms with Crippen LogP contribution in [0, 0.1) is 0 Å². The quantitative estimate of drug-likeness (QED) is 0.670. The second-order valence-electron chi connectivity index (χ2n) is 3.63. The van der Waals surface area contributed by atoms with Crippen LogP contribution in [0.4, 0.5) is 5.95 Å². The summed E-state index contributed by atoms with van der Waals surface area (Å²) in [7, 11) is 1.65. The largest absolute Gasteiger partial charge is 0.313 e. The summed E-state index contributed by atoms with van der Waals surface area (Å²) in [5, 5.41) is 17.0. The Labute approximate surface area is 87.2 Å². The van der Waals surface area contributed by atoms with Crippen LogP contribution in [-0.2, 0) is 11.8 Å². The van der Waals surface area contributed by atoms with E-state index in [9.17, 15) is 4.79 Å². The molecule has 2 N–H and O–H groups in total. The molecule has 1 heterocycles. The monoisotopic (exact) mass is 210 g/mol. The fourth-order valence-corrected chi connectivity index (χ4v) is 1.20. The molecular formula is C8H14N6O. The van der Waals surface area contributed by atoms with Crippen LogP contribution in [0.1, 0.15) is 19.3 Å². The highest BCUT2D eigenvalue weighted by Crippen LogP contribution is 2.18. The van der Waals surface area contributed by atoms with Crippen molar-refractivity contribution in [2.24, 2.45) is 7.05 Å². The Morgan fingerprint density at radius 2 is 2.40 bits per heavy atom. The Kier molecular flexibility index (Phi) is 2.91. The van der Waals surface area contributed by atoms with E-state index in [4.69, 9.17) is 0 Å². The van der Waals surface area contributed by atoms with Crippen molar-refractivity contribution >= 4 is 11.9 Å². The van der Waals surface area contributed by atoms with Gasteiger partial charge in [0.25, 0.3) is 5.95 Å². The van der Waals surface area contributed by atoms with Crippen LogP contribution in [0.2, 0.25) is 0 Å². The number of hydrogen-bond acceptors (Lipinski definition) is 5. The highest BCUT2D eigenvalue weighted by Gasteiger charge is 2.20. The van der Waals surface area contributed by atoms with Crippen LogP contribution < -0.4 is 10.6 Å². The lowest BCUT2D eigenvalue weighted by Gasteiger charge is -2.01. The zero-order valence-corrected chi connectivity index (χ0v) is 8.60. The molecule has 0 atom stereocenters. The number of nitrogens with zero attached hydrogens (tertiary/aromatic N) is 4. The van der Waals surface area contributed by atoms with E-state index < -0.39 is 0 Å². The molecule has 1 aliphatic carbocycles. The molecule has 0 bridgehead atoms. The number of carbonyl (C=O) groups excluding carboxylic acids is 1. The highest BCUT2D eigenvalue weighted by molar-refractivity contribution is 5.88. The summed E-state index contributed by atoms with van der Waals surface area (Å²) in [6, 6.07) is 0.632. The van der Waals surface area contributed by atoms with Gasteiger partial charge in [-0.3, -0.25) is 10.1 Å². The standard InChI is InChI=1S/C8H14N6O/c1-14-12-8(11-13-14)10-7(15)4-5-9-6-2-3-6/h6,9H,2-5H2,1H3,(H,10,12,15). The zero-order valence-electron chi connectivity index (χ0n) is 8.60. The molecule has 1 fully saturated rings. The first-order valence-electron chi connectivity index (χ1n) is 5.01. The molecule has 7 heteroatoms. The lowest BCUT2D eigenvalue weighted by atomic mass is 10.4. The van der Waals surface area contributed by atoms with E-state index in [1.54, 1.807) is 7.05 Å². The van der Waals surface area contributed by atoms with Crippen LogP contribution in [0.15, 0.2) is 0 Å². The van der Waals surface area contributed by atoms with E-state index in [0.29, 0.717) is 19.0 Å². The third kappa shape index (κ3) is 3.28. The Balaban J connectivity index is 1.67. The maximum atomic E-state index is 11.4. The summed E-state index contributed by atoms with van der Waals surface area (Å²) in [4.78, 5) is 12.7. The van der Waals surface area contributed by atoms with Gasteiger partial charge in [-0.15, -0.1) is 5.10 Å². The van der Waals surface area contributed by atoms with Crippen molar-refractivity contribution in [1.29, 1.82) is 0 Å². The first-order valence-corrected chi connectivity index (χ1v) is 5.01. The number of nitrogens with one attached hydrogen (secondary N) is 2. The number of amides is 1. The van der Waals surface area contributed by atoms with Gasteiger partial charge in [0.05, 0.1) is 7.05 Å². The lowest BCUT2D eigenvalue weighted by Crippen LogP contribution is -2.23. The predicted octanol–water partition coefficient (Wildman–Crippen LogP) is -0.709. The highest BCUT2D eigenvalue weighted by atomic mass is 16.1. The summed E-state index contributed by atoms with van der Waals surface area (Å²) < 4.78 is 0. The fourth-order valence-electron chi connectivity index (χ4n) is 1.20. The number of tetrazole rings is 1. The summed E-state index contributed by atoms with van der Waals surface area (Å²) in [6.07, 6.45) is 2.90. The van der Waals surface area contributed by atoms with Crippen LogP contribution in [0.25, 0.3) is 0 Å². The first kappa shape index (κ1) is 10.0. The summed E-state index contributed by atoms with van der Waals surface area (Å²) >= 11 is 0. The molecule has 0 unspecified atom stereocenters. The van der Waals surface area contributed by atoms with Crippen molar-refractivity contribution in [2.75, 3.05) is 11.9 Å². The maximum Gasteiger partial charge on any atom is 0.270 e. The molecule has 0 spiro atoms. The zero-order chi connectivity index (χ0) is 10.7. The van der Waals surface area contributed by atoms with Gasteiger partial charge in [0, 0.05) is 19.0 Å². The number of aryl methyl sites for hydroxylation is 1. The molecule has 1 aromatic heterocycles. The van der Waals surface area contributed by atoms with Crippen molar-refractivity contribution in [3.8, 4) is 0 Å². The van der Waals surface area contributed by atoms with E-state index >= 15 is 0 Å². The molecule has 0 saturated heterocycles. The average Bonchev–Trinajstić information content (AvgIpc) is 2.91. The van der Waals surface area contributed by atoms with E-state index in [-0.39, 0.29) is 11.9 Å². The van der Waals surface area contributed by atoms with E-state index in [0.717, 1.165) is 0 Å². The minimum Gasteiger partial charge on any atom is -0.313 e. The molecule has 0 radical (unpaired) electrons. The second-order valence-corrected chi connectivity index (χ2v) is 3.63. The molecule has 1 saturated carbocycles. The van der Waals surface area contributed by atoms with Gasteiger partial charge in [0.15, 0.2) is 0 Å². The fraction of sp³-hybridized carbons (Fsp3) is 0.750. The molecule has 82 valence electrons. The Morgan fingerprint density at radius 1 is 1.60 bits per heavy atom. The number of hydrogen-bond donors (Lipinski definition) is 2. The lowest BCUT2D eigenvalue weighted by molar-refractivity contribution is -0.116. The van der Waals surface area contributed by atoms with Crippen molar-refractivity contribution in [3.05, 3.63) is 0 Å². The molecule has 1 aromatic rings. The van der Waals surface area contributed by atoms with Gasteiger partial charge in [0.1, 0.15) is 0 Å². The Morgan fingerprint density at radius 3 is 3.00 bits per heavy atom. The molecular weight excluding hydrogens is 196 g/mol. The SMILES string of the molecule is Cn1nnc(NC(=O)CCNC2CC2)n1. The predicted molar refractivity (Wildman–Crippen MR) is 53.1 cm³/mol. The van der Waals surface area contributed by atoms with Crippen LogP contribution in [-0.4, -0.2) is 38.7 Å². The molecule has 2 rings (SSSR count). The summed E-state index contributed by atoms with van der Waals surface area (Å²) in [5.74, 6) is 0.171. The van der Waals surface area contributed by atoms with E-state index in [1.807, 2.05) is 0 Å². The minimum atomic E-state index is -0.0869. The molecule has 0 aliphatic heterocycles. The van der Waals surface area contributed by atoms with Crippen LogP contribution >= 0.6 is 0 Å². The Hall–Kier alpha value is -1.50. The Bertz CT molecular complexity index is 345. The van der Waals surface area contributed by atoms with Crippen molar-refractivity contribution in [2.45, 2.75) is 25.3 Å². The molecule has 0 aromatic carbocycles. The smallest absolute Gasteiger partial charge is 0.270 e. The van der Waals surface area contributed by atoms with Gasteiger partial charge >= 0.3 is 0 Å². The second kappa shape index (κ2) is 4.35. The van der Waals surface area contributed by atoms with Crippen molar-refractivity contribution in [1.82, 2.24) is 25.5 Å². The number of aromatic nitrogens is 4. The van der Waals surface area contributed by atoms with Gasteiger partial charge in [-0.25, -0.2) is 0 Å². The van der Waals surface area contributed by atoms with Crippen molar-refractivity contribution in [3.63, 3.8) is 0 Å². The van der Waals surface area contributed by atoms with Gasteiger partial charge in [0.2, 0.25) is 5.91 Å². The van der Waals surface area contributed by atoms with E-state index in [2.05, 4.69) is 26.0 Å². The first-order chi connectivity index (χ1) is 7.24. The maximum absolute atomic E-state index is 11.4. The topological polar surface area (TPSA) is 84.7 Å². The average molecular weight is 210 g/mol. The van der Waals surface area contributed by atoms with Gasteiger partial charge in [-0.2, -0.15) is 4.80 Å². The van der Waals surface area contributed by atoms with Crippen LogP contribution in [0.5, 0.6) is 0 Å². The minimum absolute atomic E-state index is 0.0869. The van der Waals surface area contributed by atoms with Crippen LogP contribution in [0.3, 0.4) is 0 Å². The molecule has 1 amide bonds. The third-order valence-corrected chi connectivity index (χ3v) is 2.12. The normalized spacial score (nSPS) is 15.3. The molecule has 1 aliphatic rings. The molecule has 7 nitrogen and oxygen atoms in total. The number of rotatable bonds is 5. The summed E-state index contributed by atoms with van der Waals surface area (Å²) in [6.45, 7) is 0.705. The summed E-state index contributed by atoms with van der Waals surface area (Å²) in [5.41, 5.74) is 0.